The topological polar surface area (TPSA) is 87.0 Å². The fourth-order valence-corrected chi connectivity index (χ4v) is 5.41. The average molecular weight is 587 g/mol. The number of ether oxygens (including phenoxy) is 1. The summed E-state index contributed by atoms with van der Waals surface area (Å²) in [7, 11) is 3.94. The van der Waals surface area contributed by atoms with Crippen molar-refractivity contribution in [2.75, 3.05) is 27.2 Å². The summed E-state index contributed by atoms with van der Waals surface area (Å²) < 4.78 is 45.2. The molecule has 0 aliphatic carbocycles. The molecule has 0 bridgehead atoms. The molecule has 11 heteroatoms. The van der Waals surface area contributed by atoms with Crippen molar-refractivity contribution in [3.63, 3.8) is 0 Å². The van der Waals surface area contributed by atoms with Gasteiger partial charge in [0.05, 0.1) is 11.7 Å². The number of alkyl halides is 3. The Morgan fingerprint density at radius 3 is 2.36 bits per heavy atom. The van der Waals surface area contributed by atoms with Crippen LogP contribution >= 0.6 is 0 Å². The molecular formula is C31H37F3N4O4. The third-order valence-electron chi connectivity index (χ3n) is 7.20. The molecule has 2 N–H and O–H groups in total. The zero-order valence-electron chi connectivity index (χ0n) is 24.5. The van der Waals surface area contributed by atoms with E-state index < -0.39 is 18.0 Å². The molecule has 0 unspecified atom stereocenters. The van der Waals surface area contributed by atoms with Crippen LogP contribution in [-0.4, -0.2) is 70.6 Å². The number of nitrogens with zero attached hydrogens (tertiary/aromatic N) is 3. The van der Waals surface area contributed by atoms with E-state index in [0.29, 0.717) is 48.4 Å². The van der Waals surface area contributed by atoms with Gasteiger partial charge < -0.3 is 29.5 Å². The summed E-state index contributed by atoms with van der Waals surface area (Å²) in [5.41, 5.74) is 3.49. The van der Waals surface area contributed by atoms with Crippen molar-refractivity contribution in [1.29, 1.82) is 0 Å². The molecule has 2 aromatic carbocycles. The van der Waals surface area contributed by atoms with Crippen LogP contribution in [0.4, 0.5) is 18.0 Å². The van der Waals surface area contributed by atoms with Crippen molar-refractivity contribution in [1.82, 2.24) is 19.7 Å². The van der Waals surface area contributed by atoms with Crippen molar-refractivity contribution in [3.8, 4) is 28.1 Å². The second-order valence-electron chi connectivity index (χ2n) is 11.8. The van der Waals surface area contributed by atoms with E-state index in [1.54, 1.807) is 12.1 Å². The molecule has 0 spiro atoms. The lowest BCUT2D eigenvalue weighted by atomic mass is 9.99. The minimum Gasteiger partial charge on any atom is -0.465 e. The third-order valence-corrected chi connectivity index (χ3v) is 7.20. The van der Waals surface area contributed by atoms with Crippen LogP contribution in [0.1, 0.15) is 55.7 Å². The van der Waals surface area contributed by atoms with E-state index in [9.17, 15) is 27.9 Å². The molecule has 0 fully saturated rings. The Kier molecular flexibility index (Phi) is 8.91. The van der Waals surface area contributed by atoms with Crippen LogP contribution in [0, 0.1) is 0 Å². The number of fused-ring (bicyclic) bond motifs is 1. The summed E-state index contributed by atoms with van der Waals surface area (Å²) in [6, 6.07) is 15.1. The molecule has 0 radical (unpaired) electrons. The molecule has 8 nitrogen and oxygen atoms in total. The predicted molar refractivity (Wildman–Crippen MR) is 154 cm³/mol. The molecule has 2 amide bonds. The number of aromatic nitrogens is 1. The fraction of sp³-hybridized carbons (Fsp3) is 0.419. The minimum atomic E-state index is -4.84. The number of carboxylic acid groups (broad SMARTS) is 1. The van der Waals surface area contributed by atoms with Gasteiger partial charge in [-0.3, -0.25) is 4.79 Å². The van der Waals surface area contributed by atoms with E-state index in [2.05, 4.69) is 10.1 Å². The lowest BCUT2D eigenvalue weighted by Crippen LogP contribution is -2.45. The van der Waals surface area contributed by atoms with E-state index in [1.165, 1.54) is 23.1 Å². The van der Waals surface area contributed by atoms with Crippen LogP contribution in [0.3, 0.4) is 0 Å². The molecule has 3 aromatic rings. The van der Waals surface area contributed by atoms with Gasteiger partial charge in [0.1, 0.15) is 11.4 Å². The number of nitrogens with one attached hydrogen (secondary N) is 1. The van der Waals surface area contributed by atoms with Crippen molar-refractivity contribution in [2.24, 2.45) is 0 Å². The minimum absolute atomic E-state index is 0.201. The Labute approximate surface area is 243 Å². The molecule has 4 rings (SSSR count). The highest BCUT2D eigenvalue weighted by Crippen LogP contribution is 2.41. The number of rotatable bonds is 9. The highest BCUT2D eigenvalue weighted by Gasteiger charge is 2.33. The standard InChI is InChI=1S/C31H37F3N4O4/c1-30(2,3)37(29(40)41)15-7-9-23-18-35-28(39)26-17-25(22-8-6-10-24(16-22)42-31(32,33)34)27(38(23)26)21-13-11-20(12-14-21)19-36(4)5/h6,8,10-14,16-17,23H,7,9,15,18-19H2,1-5H3,(H,35,39)(H,40,41)/t23-/m0/s1. The van der Waals surface area contributed by atoms with E-state index in [-0.39, 0.29) is 17.7 Å². The zero-order valence-corrected chi connectivity index (χ0v) is 24.5. The Bertz CT molecular complexity index is 1430. The number of hydrogen-bond donors (Lipinski definition) is 2. The van der Waals surface area contributed by atoms with Gasteiger partial charge in [0.2, 0.25) is 0 Å². The van der Waals surface area contributed by atoms with E-state index in [4.69, 9.17) is 0 Å². The summed E-state index contributed by atoms with van der Waals surface area (Å²) in [5, 5.41) is 12.6. The van der Waals surface area contributed by atoms with E-state index >= 15 is 0 Å². The molecule has 1 aliphatic heterocycles. The first-order valence-electron chi connectivity index (χ1n) is 13.8. The SMILES string of the molecule is CN(C)Cc1ccc(-c2c(-c3cccc(OC(F)(F)F)c3)cc3n2[C@@H](CCCN(C(=O)O)C(C)(C)C)CNC3=O)cc1. The normalized spacial score (nSPS) is 15.4. The third kappa shape index (κ3) is 7.25. The second-order valence-corrected chi connectivity index (χ2v) is 11.8. The number of benzene rings is 2. The summed E-state index contributed by atoms with van der Waals surface area (Å²) in [6.07, 6.45) is -4.72. The van der Waals surface area contributed by atoms with Crippen molar-refractivity contribution < 1.29 is 32.6 Å². The van der Waals surface area contributed by atoms with Crippen LogP contribution in [-0.2, 0) is 6.54 Å². The van der Waals surface area contributed by atoms with Gasteiger partial charge in [-0.15, -0.1) is 13.2 Å². The monoisotopic (exact) mass is 586 g/mol. The highest BCUT2D eigenvalue weighted by atomic mass is 19.4. The lowest BCUT2D eigenvalue weighted by molar-refractivity contribution is -0.274. The van der Waals surface area contributed by atoms with Crippen LogP contribution in [0.15, 0.2) is 54.6 Å². The molecule has 1 aromatic heterocycles. The molecule has 0 saturated heterocycles. The van der Waals surface area contributed by atoms with Crippen molar-refractivity contribution >= 4 is 12.0 Å². The Morgan fingerprint density at radius 2 is 1.76 bits per heavy atom. The Morgan fingerprint density at radius 1 is 1.07 bits per heavy atom. The summed E-state index contributed by atoms with van der Waals surface area (Å²) in [4.78, 5) is 28.4. The van der Waals surface area contributed by atoms with Crippen LogP contribution in [0.25, 0.3) is 22.4 Å². The Balaban J connectivity index is 1.79. The first-order valence-corrected chi connectivity index (χ1v) is 13.8. The van der Waals surface area contributed by atoms with Gasteiger partial charge in [-0.25, -0.2) is 4.79 Å². The predicted octanol–water partition coefficient (Wildman–Crippen LogP) is 6.63. The highest BCUT2D eigenvalue weighted by molar-refractivity contribution is 5.98. The van der Waals surface area contributed by atoms with Crippen LogP contribution in [0.2, 0.25) is 0 Å². The van der Waals surface area contributed by atoms with Gasteiger partial charge in [0, 0.05) is 30.7 Å². The van der Waals surface area contributed by atoms with Crippen LogP contribution in [0.5, 0.6) is 5.75 Å². The number of halogens is 3. The summed E-state index contributed by atoms with van der Waals surface area (Å²) in [6.45, 7) is 6.91. The first kappa shape index (κ1) is 31.0. The maximum atomic E-state index is 13.1. The maximum Gasteiger partial charge on any atom is 0.573 e. The van der Waals surface area contributed by atoms with E-state index in [0.717, 1.165) is 17.7 Å². The smallest absolute Gasteiger partial charge is 0.465 e. The lowest BCUT2D eigenvalue weighted by Gasteiger charge is -2.34. The summed E-state index contributed by atoms with van der Waals surface area (Å²) >= 11 is 0. The average Bonchev–Trinajstić information content (AvgIpc) is 3.28. The second kappa shape index (κ2) is 12.1. The van der Waals surface area contributed by atoms with Crippen molar-refractivity contribution in [2.45, 2.75) is 58.1 Å². The Hall–Kier alpha value is -3.99. The molecule has 226 valence electrons. The largest absolute Gasteiger partial charge is 0.573 e. The number of carbonyl (C=O) groups is 2. The number of carbonyl (C=O) groups excluding carboxylic acids is 1. The van der Waals surface area contributed by atoms with Crippen LogP contribution < -0.4 is 10.1 Å². The van der Waals surface area contributed by atoms with E-state index in [1.807, 2.05) is 68.6 Å². The quantitative estimate of drug-likeness (QED) is 0.294. The first-order chi connectivity index (χ1) is 19.6. The van der Waals surface area contributed by atoms with Gasteiger partial charge in [0.15, 0.2) is 0 Å². The number of hydrogen-bond acceptors (Lipinski definition) is 4. The molecule has 1 atom stereocenters. The zero-order chi connectivity index (χ0) is 30.8. The summed E-state index contributed by atoms with van der Waals surface area (Å²) in [5.74, 6) is -0.638. The maximum absolute atomic E-state index is 13.1. The van der Waals surface area contributed by atoms with Gasteiger partial charge in [-0.05, 0) is 82.6 Å². The molecule has 2 heterocycles. The van der Waals surface area contributed by atoms with Gasteiger partial charge in [-0.1, -0.05) is 36.4 Å². The van der Waals surface area contributed by atoms with Gasteiger partial charge >= 0.3 is 12.5 Å². The molecule has 1 aliphatic rings. The van der Waals surface area contributed by atoms with Gasteiger partial charge in [-0.2, -0.15) is 0 Å². The number of amides is 2. The fourth-order valence-electron chi connectivity index (χ4n) is 5.41. The van der Waals surface area contributed by atoms with Crippen molar-refractivity contribution in [3.05, 3.63) is 65.9 Å². The molecule has 0 saturated carbocycles. The van der Waals surface area contributed by atoms with Gasteiger partial charge in [0.25, 0.3) is 5.91 Å². The molecule has 42 heavy (non-hydrogen) atoms. The molecular weight excluding hydrogens is 549 g/mol.